The molecular weight excluding hydrogens is 564 g/mol. The number of aryl methyl sites for hydroxylation is 2. The van der Waals surface area contributed by atoms with Crippen molar-refractivity contribution >= 4 is 61.5 Å². The summed E-state index contributed by atoms with van der Waals surface area (Å²) in [7, 11) is 0. The fourth-order valence-electron chi connectivity index (χ4n) is 3.60. The predicted octanol–water partition coefficient (Wildman–Crippen LogP) is 6.07. The largest absolute Gasteiger partial charge is 0.488 e. The summed E-state index contributed by atoms with van der Waals surface area (Å²) in [5.41, 5.74) is 3.71. The molecule has 1 aliphatic rings. The highest BCUT2D eigenvalue weighted by Gasteiger charge is 2.37. The van der Waals surface area contributed by atoms with Crippen molar-refractivity contribution in [3.63, 3.8) is 0 Å². The van der Waals surface area contributed by atoms with Gasteiger partial charge < -0.3 is 4.74 Å². The predicted molar refractivity (Wildman–Crippen MR) is 138 cm³/mol. The van der Waals surface area contributed by atoms with Crippen LogP contribution in [0.3, 0.4) is 0 Å². The Hall–Kier alpha value is -3.23. The first-order valence-electron chi connectivity index (χ1n) is 10.4. The van der Waals surface area contributed by atoms with Crippen molar-refractivity contribution in [1.29, 1.82) is 0 Å². The van der Waals surface area contributed by atoms with E-state index in [-0.39, 0.29) is 5.57 Å². The molecule has 1 aliphatic heterocycles. The van der Waals surface area contributed by atoms with Gasteiger partial charge in [-0.1, -0.05) is 40.2 Å². The van der Waals surface area contributed by atoms with Gasteiger partial charge in [0.15, 0.2) is 0 Å². The first-order chi connectivity index (χ1) is 16.2. The lowest BCUT2D eigenvalue weighted by Gasteiger charge is -2.27. The molecule has 8 heteroatoms. The van der Waals surface area contributed by atoms with Gasteiger partial charge in [0.05, 0.1) is 10.2 Å². The number of amides is 4. The molecule has 0 unspecified atom stereocenters. The number of hydrogen-bond donors (Lipinski definition) is 1. The topological polar surface area (TPSA) is 75.7 Å². The van der Waals surface area contributed by atoms with Crippen LogP contribution in [0, 0.1) is 13.8 Å². The number of benzene rings is 3. The summed E-state index contributed by atoms with van der Waals surface area (Å²) >= 11 is 6.90. The van der Waals surface area contributed by atoms with Crippen LogP contribution in [0.1, 0.15) is 22.3 Å². The van der Waals surface area contributed by atoms with Gasteiger partial charge in [0.25, 0.3) is 11.8 Å². The second kappa shape index (κ2) is 9.95. The zero-order valence-electron chi connectivity index (χ0n) is 18.4. The Balaban J connectivity index is 1.57. The molecule has 1 fully saturated rings. The zero-order chi connectivity index (χ0) is 24.4. The van der Waals surface area contributed by atoms with Crippen molar-refractivity contribution in [2.24, 2.45) is 0 Å². The van der Waals surface area contributed by atoms with Crippen LogP contribution >= 0.6 is 31.9 Å². The number of anilines is 1. The molecule has 4 rings (SSSR count). The lowest BCUT2D eigenvalue weighted by Crippen LogP contribution is -2.54. The number of urea groups is 1. The van der Waals surface area contributed by atoms with E-state index < -0.39 is 17.8 Å². The smallest absolute Gasteiger partial charge is 0.335 e. The molecule has 0 spiro atoms. The molecule has 0 aliphatic carbocycles. The standard InChI is InChI=1S/C26H20Br2N2O4/c1-15-9-16(2)11-20(10-15)30-25(32)21(24(31)29-26(30)33)12-18-5-8-23(22(28)13-18)34-14-17-3-6-19(27)7-4-17/h3-13H,14H2,1-2H3,(H,29,31,33)/b21-12+. The maximum atomic E-state index is 13.1. The third kappa shape index (κ3) is 5.29. The molecule has 4 amide bonds. The van der Waals surface area contributed by atoms with Crippen LogP contribution in [0.15, 0.2) is 75.2 Å². The number of barbiturate groups is 1. The van der Waals surface area contributed by atoms with Crippen LogP contribution in [0.4, 0.5) is 10.5 Å². The maximum Gasteiger partial charge on any atom is 0.335 e. The van der Waals surface area contributed by atoms with E-state index >= 15 is 0 Å². The minimum Gasteiger partial charge on any atom is -0.488 e. The number of imide groups is 2. The second-order valence-electron chi connectivity index (χ2n) is 7.91. The second-order valence-corrected chi connectivity index (χ2v) is 9.68. The van der Waals surface area contributed by atoms with Crippen molar-refractivity contribution < 1.29 is 19.1 Å². The Morgan fingerprint density at radius 1 is 0.912 bits per heavy atom. The highest BCUT2D eigenvalue weighted by Crippen LogP contribution is 2.29. The first kappa shape index (κ1) is 23.9. The van der Waals surface area contributed by atoms with Gasteiger partial charge in [-0.25, -0.2) is 9.69 Å². The number of halogens is 2. The van der Waals surface area contributed by atoms with Gasteiger partial charge in [-0.2, -0.15) is 0 Å². The molecule has 3 aromatic carbocycles. The van der Waals surface area contributed by atoms with Crippen molar-refractivity contribution in [3.8, 4) is 5.75 Å². The normalized spacial score (nSPS) is 15.0. The SMILES string of the molecule is Cc1cc(C)cc(N2C(=O)NC(=O)/C(=C\c3ccc(OCc4ccc(Br)cc4)c(Br)c3)C2=O)c1. The minimum atomic E-state index is -0.768. The van der Waals surface area contributed by atoms with E-state index in [1.807, 2.05) is 44.2 Å². The van der Waals surface area contributed by atoms with Gasteiger partial charge in [0.1, 0.15) is 17.9 Å². The summed E-state index contributed by atoms with van der Waals surface area (Å²) < 4.78 is 7.54. The highest BCUT2D eigenvalue weighted by molar-refractivity contribution is 9.10. The van der Waals surface area contributed by atoms with Gasteiger partial charge in [0, 0.05) is 4.47 Å². The molecule has 1 heterocycles. The van der Waals surface area contributed by atoms with E-state index in [0.717, 1.165) is 26.1 Å². The van der Waals surface area contributed by atoms with Gasteiger partial charge in [-0.3, -0.25) is 14.9 Å². The maximum absolute atomic E-state index is 13.1. The average Bonchev–Trinajstić information content (AvgIpc) is 2.76. The molecule has 0 radical (unpaired) electrons. The van der Waals surface area contributed by atoms with Crippen molar-refractivity contribution in [3.05, 3.63) is 97.4 Å². The summed E-state index contributed by atoms with van der Waals surface area (Å²) in [5.74, 6) is -0.788. The number of ether oxygens (including phenoxy) is 1. The molecule has 0 bridgehead atoms. The molecular formula is C26H20Br2N2O4. The Morgan fingerprint density at radius 3 is 2.24 bits per heavy atom. The number of nitrogens with one attached hydrogen (secondary N) is 1. The van der Waals surface area contributed by atoms with Crippen LogP contribution < -0.4 is 15.0 Å². The molecule has 0 saturated carbocycles. The van der Waals surface area contributed by atoms with Crippen molar-refractivity contribution in [1.82, 2.24) is 5.32 Å². The molecule has 0 atom stereocenters. The summed E-state index contributed by atoms with van der Waals surface area (Å²) in [6.07, 6.45) is 1.46. The summed E-state index contributed by atoms with van der Waals surface area (Å²) in [6, 6.07) is 17.7. The fraction of sp³-hybridized carbons (Fsp3) is 0.115. The molecule has 3 aromatic rings. The lowest BCUT2D eigenvalue weighted by molar-refractivity contribution is -0.122. The van der Waals surface area contributed by atoms with Gasteiger partial charge in [-0.05, 0) is 94.5 Å². The molecule has 6 nitrogen and oxygen atoms in total. The van der Waals surface area contributed by atoms with E-state index in [1.54, 1.807) is 30.3 Å². The Kier molecular flexibility index (Phi) is 7.00. The third-order valence-corrected chi connectivity index (χ3v) is 6.29. The van der Waals surface area contributed by atoms with E-state index in [1.165, 1.54) is 6.08 Å². The number of hydrogen-bond acceptors (Lipinski definition) is 4. The summed E-state index contributed by atoms with van der Waals surface area (Å²) in [4.78, 5) is 39.1. The number of rotatable bonds is 5. The molecule has 0 aromatic heterocycles. The molecule has 172 valence electrons. The third-order valence-electron chi connectivity index (χ3n) is 5.14. The van der Waals surface area contributed by atoms with Gasteiger partial charge >= 0.3 is 6.03 Å². The van der Waals surface area contributed by atoms with E-state index in [2.05, 4.69) is 37.2 Å². The minimum absolute atomic E-state index is 0.130. The molecule has 34 heavy (non-hydrogen) atoms. The van der Waals surface area contributed by atoms with Crippen molar-refractivity contribution in [2.75, 3.05) is 4.90 Å². The van der Waals surface area contributed by atoms with Crippen molar-refractivity contribution in [2.45, 2.75) is 20.5 Å². The average molecular weight is 584 g/mol. The van der Waals surface area contributed by atoms with Crippen LogP contribution in [0.5, 0.6) is 5.75 Å². The number of carbonyl (C=O) groups is 3. The number of carbonyl (C=O) groups excluding carboxylic acids is 3. The van der Waals surface area contributed by atoms with Gasteiger partial charge in [-0.15, -0.1) is 0 Å². The van der Waals surface area contributed by atoms with Crippen LogP contribution in [0.25, 0.3) is 6.08 Å². The highest BCUT2D eigenvalue weighted by atomic mass is 79.9. The first-order valence-corrected chi connectivity index (χ1v) is 12.0. The van der Waals surface area contributed by atoms with E-state index in [0.29, 0.717) is 28.1 Å². The fourth-order valence-corrected chi connectivity index (χ4v) is 4.38. The number of nitrogens with zero attached hydrogens (tertiary/aromatic N) is 1. The molecule has 1 N–H and O–H groups in total. The zero-order valence-corrected chi connectivity index (χ0v) is 21.6. The van der Waals surface area contributed by atoms with E-state index in [4.69, 9.17) is 4.74 Å². The van der Waals surface area contributed by atoms with Gasteiger partial charge in [0.2, 0.25) is 0 Å². The Labute approximate surface area is 213 Å². The Bertz CT molecular complexity index is 1310. The quantitative estimate of drug-likeness (QED) is 0.292. The van der Waals surface area contributed by atoms with Crippen LogP contribution in [-0.2, 0) is 16.2 Å². The molecule has 1 saturated heterocycles. The van der Waals surface area contributed by atoms with Crippen LogP contribution in [0.2, 0.25) is 0 Å². The summed E-state index contributed by atoms with van der Waals surface area (Å²) in [5, 5.41) is 2.26. The monoisotopic (exact) mass is 582 g/mol. The van der Waals surface area contributed by atoms with Crippen LogP contribution in [-0.4, -0.2) is 17.8 Å². The Morgan fingerprint density at radius 2 is 1.59 bits per heavy atom. The van der Waals surface area contributed by atoms with E-state index in [9.17, 15) is 14.4 Å². The summed E-state index contributed by atoms with van der Waals surface area (Å²) in [6.45, 7) is 4.14. The lowest BCUT2D eigenvalue weighted by atomic mass is 10.1.